The van der Waals surface area contributed by atoms with Crippen molar-refractivity contribution in [3.05, 3.63) is 28.6 Å². The number of hydrogen-bond acceptors (Lipinski definition) is 2. The molecule has 1 aliphatic heterocycles. The quantitative estimate of drug-likeness (QED) is 0.479. The van der Waals surface area contributed by atoms with Crippen LogP contribution in [0.15, 0.2) is 18.2 Å². The fraction of sp³-hybridized carbons (Fsp3) is 0.111. The highest BCUT2D eigenvalue weighted by Crippen LogP contribution is 1.90. The number of fused-ring (bicyclic) bond motifs is 1. The smallest absolute Gasteiger partial charge is 0.0334 e. The molecule has 0 fully saturated rings. The van der Waals surface area contributed by atoms with Crippen molar-refractivity contribution in [2.75, 3.05) is 12.3 Å². The van der Waals surface area contributed by atoms with Crippen LogP contribution in [0.25, 0.3) is 12.3 Å². The zero-order chi connectivity index (χ0) is 7.68. The molecule has 2 rings (SSSR count). The lowest BCUT2D eigenvalue weighted by molar-refractivity contribution is 1.05. The molecule has 0 aliphatic carbocycles. The van der Waals surface area contributed by atoms with Gasteiger partial charge in [-0.15, -0.1) is 0 Å². The highest BCUT2D eigenvalue weighted by atomic mass is 14.8. The normalized spacial score (nSPS) is 13.8. The van der Waals surface area contributed by atoms with E-state index in [0.29, 0.717) is 0 Å². The highest BCUT2D eigenvalue weighted by Gasteiger charge is 1.91. The summed E-state index contributed by atoms with van der Waals surface area (Å²) in [6, 6.07) is 5.93. The minimum Gasteiger partial charge on any atom is -0.399 e. The number of hydrogen-bond donors (Lipinski definition) is 2. The fourth-order valence-corrected chi connectivity index (χ4v) is 1.24. The Kier molecular flexibility index (Phi) is 1.32. The van der Waals surface area contributed by atoms with Gasteiger partial charge in [-0.1, -0.05) is 12.1 Å². The highest BCUT2D eigenvalue weighted by molar-refractivity contribution is 5.45. The summed E-state index contributed by atoms with van der Waals surface area (Å²) in [6.07, 6.45) is 4.14. The molecular formula is C9H10N2. The third kappa shape index (κ3) is 1.07. The molecule has 2 heteroatoms. The van der Waals surface area contributed by atoms with E-state index in [1.54, 1.807) is 0 Å². The van der Waals surface area contributed by atoms with Crippen molar-refractivity contribution >= 4 is 18.0 Å². The standard InChI is InChI=1S/C9H10N2/c10-9-2-1-8-6-11-4-3-7(8)5-9/h1-3,5-6,11H,4,10H2. The maximum atomic E-state index is 5.63. The lowest BCUT2D eigenvalue weighted by Crippen LogP contribution is -2.32. The molecule has 1 aliphatic rings. The number of anilines is 1. The first-order chi connectivity index (χ1) is 5.36. The maximum Gasteiger partial charge on any atom is 0.0334 e. The van der Waals surface area contributed by atoms with Gasteiger partial charge >= 0.3 is 0 Å². The van der Waals surface area contributed by atoms with Gasteiger partial charge < -0.3 is 11.1 Å². The van der Waals surface area contributed by atoms with Crippen molar-refractivity contribution in [3.8, 4) is 0 Å². The molecule has 1 heterocycles. The van der Waals surface area contributed by atoms with E-state index in [9.17, 15) is 0 Å². The zero-order valence-corrected chi connectivity index (χ0v) is 6.17. The first kappa shape index (κ1) is 6.28. The van der Waals surface area contributed by atoms with Crippen molar-refractivity contribution in [2.24, 2.45) is 0 Å². The summed E-state index contributed by atoms with van der Waals surface area (Å²) < 4.78 is 0. The molecule has 0 bridgehead atoms. The Balaban J connectivity index is 2.80. The molecular weight excluding hydrogens is 136 g/mol. The van der Waals surface area contributed by atoms with Gasteiger partial charge in [0.1, 0.15) is 0 Å². The first-order valence-corrected chi connectivity index (χ1v) is 3.65. The van der Waals surface area contributed by atoms with Crippen molar-refractivity contribution in [1.82, 2.24) is 5.32 Å². The van der Waals surface area contributed by atoms with Crippen LogP contribution >= 0.6 is 0 Å². The second-order valence-electron chi connectivity index (χ2n) is 2.65. The van der Waals surface area contributed by atoms with Gasteiger partial charge in [0.2, 0.25) is 0 Å². The van der Waals surface area contributed by atoms with Crippen molar-refractivity contribution in [3.63, 3.8) is 0 Å². The first-order valence-electron chi connectivity index (χ1n) is 3.65. The van der Waals surface area contributed by atoms with Gasteiger partial charge in [0.05, 0.1) is 0 Å². The van der Waals surface area contributed by atoms with E-state index < -0.39 is 0 Å². The summed E-state index contributed by atoms with van der Waals surface area (Å²) in [4.78, 5) is 0. The van der Waals surface area contributed by atoms with Crippen LogP contribution in [0.5, 0.6) is 0 Å². The van der Waals surface area contributed by atoms with E-state index in [-0.39, 0.29) is 0 Å². The summed E-state index contributed by atoms with van der Waals surface area (Å²) in [5, 5.41) is 5.58. The van der Waals surface area contributed by atoms with Crippen molar-refractivity contribution < 1.29 is 0 Å². The van der Waals surface area contributed by atoms with Gasteiger partial charge in [-0.25, -0.2) is 0 Å². The third-order valence-electron chi connectivity index (χ3n) is 1.81. The monoisotopic (exact) mass is 146 g/mol. The summed E-state index contributed by atoms with van der Waals surface area (Å²) >= 11 is 0. The predicted molar refractivity (Wildman–Crippen MR) is 47.0 cm³/mol. The van der Waals surface area contributed by atoms with Gasteiger partial charge in [0.25, 0.3) is 0 Å². The Morgan fingerprint density at radius 1 is 1.27 bits per heavy atom. The fourth-order valence-electron chi connectivity index (χ4n) is 1.24. The minimum absolute atomic E-state index is 0.829. The van der Waals surface area contributed by atoms with E-state index in [1.165, 1.54) is 10.4 Å². The average molecular weight is 146 g/mol. The third-order valence-corrected chi connectivity index (χ3v) is 1.81. The van der Waals surface area contributed by atoms with Crippen molar-refractivity contribution in [2.45, 2.75) is 0 Å². The van der Waals surface area contributed by atoms with E-state index in [2.05, 4.69) is 11.4 Å². The van der Waals surface area contributed by atoms with Crippen LogP contribution in [0.3, 0.4) is 0 Å². The molecule has 1 aromatic rings. The molecule has 0 radical (unpaired) electrons. The largest absolute Gasteiger partial charge is 0.399 e. The van der Waals surface area contributed by atoms with Gasteiger partial charge in [-0.05, 0) is 22.6 Å². The van der Waals surface area contributed by atoms with E-state index in [4.69, 9.17) is 5.73 Å². The van der Waals surface area contributed by atoms with Gasteiger partial charge in [-0.2, -0.15) is 0 Å². The number of benzene rings is 1. The summed E-state index contributed by atoms with van der Waals surface area (Å²) in [5.41, 5.74) is 6.46. The number of nitrogens with two attached hydrogens (primary N) is 1. The van der Waals surface area contributed by atoms with E-state index in [1.807, 2.05) is 24.4 Å². The molecule has 56 valence electrons. The van der Waals surface area contributed by atoms with Gasteiger partial charge in [-0.3, -0.25) is 0 Å². The van der Waals surface area contributed by atoms with Crippen LogP contribution in [-0.2, 0) is 0 Å². The average Bonchev–Trinajstić information content (AvgIpc) is 2.04. The van der Waals surface area contributed by atoms with Crippen LogP contribution in [-0.4, -0.2) is 6.54 Å². The minimum atomic E-state index is 0.829. The molecule has 11 heavy (non-hydrogen) atoms. The second-order valence-corrected chi connectivity index (χ2v) is 2.65. The van der Waals surface area contributed by atoms with E-state index >= 15 is 0 Å². The second kappa shape index (κ2) is 2.31. The van der Waals surface area contributed by atoms with Crippen LogP contribution < -0.4 is 21.5 Å². The Hall–Kier alpha value is -1.44. The lowest BCUT2D eigenvalue weighted by atomic mass is 10.2. The SMILES string of the molecule is Nc1ccc2c(c1)=CCNC=2. The molecule has 0 atom stereocenters. The Morgan fingerprint density at radius 2 is 2.18 bits per heavy atom. The Morgan fingerprint density at radius 3 is 3.09 bits per heavy atom. The van der Waals surface area contributed by atoms with Crippen LogP contribution in [0, 0.1) is 0 Å². The van der Waals surface area contributed by atoms with Crippen LogP contribution in [0.1, 0.15) is 0 Å². The van der Waals surface area contributed by atoms with Crippen molar-refractivity contribution in [1.29, 1.82) is 0 Å². The maximum absolute atomic E-state index is 5.63. The Bertz CT molecular complexity index is 379. The number of rotatable bonds is 0. The van der Waals surface area contributed by atoms with Crippen LogP contribution in [0.2, 0.25) is 0 Å². The molecule has 0 spiro atoms. The molecule has 2 nitrogen and oxygen atoms in total. The molecule has 0 amide bonds. The number of nitrogen functional groups attached to an aromatic ring is 1. The molecule has 0 unspecified atom stereocenters. The van der Waals surface area contributed by atoms with Crippen LogP contribution in [0.4, 0.5) is 5.69 Å². The number of nitrogens with one attached hydrogen (secondary N) is 1. The molecule has 0 aromatic heterocycles. The van der Waals surface area contributed by atoms with Gasteiger partial charge in [0.15, 0.2) is 0 Å². The van der Waals surface area contributed by atoms with E-state index in [0.717, 1.165) is 12.2 Å². The zero-order valence-electron chi connectivity index (χ0n) is 6.17. The summed E-state index contributed by atoms with van der Waals surface area (Å²) in [6.45, 7) is 0.899. The Labute approximate surface area is 65.0 Å². The lowest BCUT2D eigenvalue weighted by Gasteiger charge is -2.02. The predicted octanol–water partition coefficient (Wildman–Crippen LogP) is -0.610. The van der Waals surface area contributed by atoms with Gasteiger partial charge in [0, 0.05) is 18.4 Å². The molecule has 0 saturated carbocycles. The molecule has 1 aromatic carbocycles. The molecule has 0 saturated heterocycles. The molecule has 3 N–H and O–H groups in total. The topological polar surface area (TPSA) is 38.0 Å². The summed E-state index contributed by atoms with van der Waals surface area (Å²) in [5.74, 6) is 0. The summed E-state index contributed by atoms with van der Waals surface area (Å²) in [7, 11) is 0.